The molecule has 0 aliphatic heterocycles. The zero-order chi connectivity index (χ0) is 12.5. The fraction of sp³-hybridized carbons (Fsp3) is 0.0714. The largest absolute Gasteiger partial charge is 0.383 e. The van der Waals surface area contributed by atoms with Crippen LogP contribution in [-0.2, 0) is 0 Å². The third-order valence-electron chi connectivity index (χ3n) is 2.92. The monoisotopic (exact) mass is 236 g/mol. The standard InChI is InChI=1S/C14H12N4/c1-9-5-6-10(7-16-9)11-3-2-4-12-13(11)17-8-18-14(12)15/h2-8H,1H3,(H2,15,17,18). The number of nitrogens with zero attached hydrogens (tertiary/aromatic N) is 3. The van der Waals surface area contributed by atoms with E-state index in [-0.39, 0.29) is 0 Å². The molecule has 3 rings (SSSR count). The number of hydrogen-bond acceptors (Lipinski definition) is 4. The number of nitrogen functional groups attached to an aromatic ring is 1. The summed E-state index contributed by atoms with van der Waals surface area (Å²) in [4.78, 5) is 12.6. The number of fused-ring (bicyclic) bond motifs is 1. The Kier molecular flexibility index (Phi) is 2.41. The van der Waals surface area contributed by atoms with E-state index in [0.29, 0.717) is 5.82 Å². The molecule has 0 unspecified atom stereocenters. The summed E-state index contributed by atoms with van der Waals surface area (Å²) in [6, 6.07) is 9.92. The van der Waals surface area contributed by atoms with Gasteiger partial charge >= 0.3 is 0 Å². The third-order valence-corrected chi connectivity index (χ3v) is 2.92. The van der Waals surface area contributed by atoms with Gasteiger partial charge in [0, 0.05) is 28.4 Å². The fourth-order valence-electron chi connectivity index (χ4n) is 1.97. The molecule has 0 atom stereocenters. The first kappa shape index (κ1) is 10.7. The molecular weight excluding hydrogens is 224 g/mol. The van der Waals surface area contributed by atoms with Crippen molar-refractivity contribution in [1.82, 2.24) is 15.0 Å². The van der Waals surface area contributed by atoms with Crippen LogP contribution >= 0.6 is 0 Å². The summed E-state index contributed by atoms with van der Waals surface area (Å²) < 4.78 is 0. The second-order valence-corrected chi connectivity index (χ2v) is 4.15. The molecule has 2 aromatic heterocycles. The van der Waals surface area contributed by atoms with E-state index >= 15 is 0 Å². The minimum Gasteiger partial charge on any atom is -0.383 e. The summed E-state index contributed by atoms with van der Waals surface area (Å²) in [5, 5.41) is 0.871. The molecule has 0 aliphatic rings. The van der Waals surface area contributed by atoms with Crippen LogP contribution in [0.1, 0.15) is 5.69 Å². The smallest absolute Gasteiger partial charge is 0.134 e. The molecule has 2 N–H and O–H groups in total. The number of hydrogen-bond donors (Lipinski definition) is 1. The molecule has 1 aromatic carbocycles. The number of aromatic nitrogens is 3. The summed E-state index contributed by atoms with van der Waals surface area (Å²) in [7, 11) is 0. The quantitative estimate of drug-likeness (QED) is 0.705. The van der Waals surface area contributed by atoms with Crippen molar-refractivity contribution in [2.24, 2.45) is 0 Å². The van der Waals surface area contributed by atoms with Crippen LogP contribution < -0.4 is 5.73 Å². The van der Waals surface area contributed by atoms with E-state index in [9.17, 15) is 0 Å². The SMILES string of the molecule is Cc1ccc(-c2cccc3c(N)ncnc23)cn1. The van der Waals surface area contributed by atoms with Gasteiger partial charge in [-0.05, 0) is 19.1 Å². The van der Waals surface area contributed by atoms with Crippen molar-refractivity contribution in [1.29, 1.82) is 0 Å². The first-order chi connectivity index (χ1) is 8.75. The lowest BCUT2D eigenvalue weighted by molar-refractivity contribution is 1.20. The molecule has 4 nitrogen and oxygen atoms in total. The Morgan fingerprint density at radius 2 is 1.89 bits per heavy atom. The summed E-state index contributed by atoms with van der Waals surface area (Å²) in [5.41, 5.74) is 9.77. The van der Waals surface area contributed by atoms with Gasteiger partial charge in [0.1, 0.15) is 12.1 Å². The fourth-order valence-corrected chi connectivity index (χ4v) is 1.97. The molecule has 88 valence electrons. The molecule has 18 heavy (non-hydrogen) atoms. The van der Waals surface area contributed by atoms with Gasteiger partial charge in [-0.1, -0.05) is 18.2 Å². The summed E-state index contributed by atoms with van der Waals surface area (Å²) in [6.07, 6.45) is 3.34. The van der Waals surface area contributed by atoms with Crippen molar-refractivity contribution in [3.63, 3.8) is 0 Å². The predicted octanol–water partition coefficient (Wildman–Crippen LogP) is 2.58. The lowest BCUT2D eigenvalue weighted by Crippen LogP contribution is -1.94. The van der Waals surface area contributed by atoms with E-state index in [1.54, 1.807) is 0 Å². The van der Waals surface area contributed by atoms with Gasteiger partial charge in [-0.15, -0.1) is 0 Å². The summed E-state index contributed by atoms with van der Waals surface area (Å²) >= 11 is 0. The topological polar surface area (TPSA) is 64.7 Å². The van der Waals surface area contributed by atoms with E-state index in [1.165, 1.54) is 6.33 Å². The van der Waals surface area contributed by atoms with Crippen molar-refractivity contribution in [2.75, 3.05) is 5.73 Å². The molecule has 4 heteroatoms. The highest BCUT2D eigenvalue weighted by atomic mass is 14.9. The van der Waals surface area contributed by atoms with E-state index < -0.39 is 0 Å². The number of para-hydroxylation sites is 1. The van der Waals surface area contributed by atoms with Crippen molar-refractivity contribution >= 4 is 16.7 Å². The second-order valence-electron chi connectivity index (χ2n) is 4.15. The number of rotatable bonds is 1. The molecular formula is C14H12N4. The van der Waals surface area contributed by atoms with Crippen molar-refractivity contribution < 1.29 is 0 Å². The lowest BCUT2D eigenvalue weighted by Gasteiger charge is -2.06. The molecule has 0 aliphatic carbocycles. The van der Waals surface area contributed by atoms with Crippen LogP contribution in [0.5, 0.6) is 0 Å². The van der Waals surface area contributed by atoms with Crippen LogP contribution in [0.2, 0.25) is 0 Å². The first-order valence-electron chi connectivity index (χ1n) is 5.68. The van der Waals surface area contributed by atoms with E-state index in [0.717, 1.165) is 27.7 Å². The van der Waals surface area contributed by atoms with Crippen molar-refractivity contribution in [3.05, 3.63) is 48.5 Å². The zero-order valence-corrected chi connectivity index (χ0v) is 9.96. The highest BCUT2D eigenvalue weighted by Gasteiger charge is 2.07. The van der Waals surface area contributed by atoms with Gasteiger partial charge in [-0.25, -0.2) is 9.97 Å². The minimum absolute atomic E-state index is 0.502. The molecule has 0 saturated carbocycles. The van der Waals surface area contributed by atoms with Crippen LogP contribution in [-0.4, -0.2) is 15.0 Å². The molecule has 3 aromatic rings. The summed E-state index contributed by atoms with van der Waals surface area (Å²) in [6.45, 7) is 1.97. The molecule has 2 heterocycles. The number of benzene rings is 1. The van der Waals surface area contributed by atoms with Crippen LogP contribution in [0.4, 0.5) is 5.82 Å². The van der Waals surface area contributed by atoms with Gasteiger partial charge in [-0.3, -0.25) is 4.98 Å². The van der Waals surface area contributed by atoms with Crippen LogP contribution in [0, 0.1) is 6.92 Å². The molecule has 0 fully saturated rings. The average Bonchev–Trinajstić information content (AvgIpc) is 2.40. The molecule has 0 radical (unpaired) electrons. The highest BCUT2D eigenvalue weighted by molar-refractivity contribution is 5.98. The molecule has 0 saturated heterocycles. The Labute approximate surface area is 105 Å². The number of aryl methyl sites for hydroxylation is 1. The van der Waals surface area contributed by atoms with Crippen LogP contribution in [0.25, 0.3) is 22.0 Å². The number of nitrogens with two attached hydrogens (primary N) is 1. The number of pyridine rings is 1. The van der Waals surface area contributed by atoms with E-state index in [1.807, 2.05) is 43.5 Å². The normalized spacial score (nSPS) is 10.7. The van der Waals surface area contributed by atoms with Gasteiger partial charge in [0.2, 0.25) is 0 Å². The van der Waals surface area contributed by atoms with Gasteiger partial charge in [0.15, 0.2) is 0 Å². The Hall–Kier alpha value is -2.49. The van der Waals surface area contributed by atoms with Gasteiger partial charge in [0.25, 0.3) is 0 Å². The zero-order valence-electron chi connectivity index (χ0n) is 9.96. The maximum absolute atomic E-state index is 5.86. The summed E-state index contributed by atoms with van der Waals surface area (Å²) in [5.74, 6) is 0.502. The van der Waals surface area contributed by atoms with Gasteiger partial charge in [0.05, 0.1) is 5.52 Å². The van der Waals surface area contributed by atoms with Gasteiger partial charge in [-0.2, -0.15) is 0 Å². The first-order valence-corrected chi connectivity index (χ1v) is 5.68. The predicted molar refractivity (Wildman–Crippen MR) is 71.9 cm³/mol. The molecule has 0 spiro atoms. The van der Waals surface area contributed by atoms with Crippen molar-refractivity contribution in [2.45, 2.75) is 6.92 Å². The minimum atomic E-state index is 0.502. The maximum Gasteiger partial charge on any atom is 0.134 e. The second kappa shape index (κ2) is 4.07. The van der Waals surface area contributed by atoms with E-state index in [4.69, 9.17) is 5.73 Å². The lowest BCUT2D eigenvalue weighted by atomic mass is 10.0. The Morgan fingerprint density at radius 1 is 1.00 bits per heavy atom. The number of anilines is 1. The highest BCUT2D eigenvalue weighted by Crippen LogP contribution is 2.28. The maximum atomic E-state index is 5.86. The van der Waals surface area contributed by atoms with Crippen LogP contribution in [0.3, 0.4) is 0 Å². The molecule has 0 bridgehead atoms. The molecule has 0 amide bonds. The Bertz CT molecular complexity index is 705. The Balaban J connectivity index is 2.29. The third kappa shape index (κ3) is 1.68. The average molecular weight is 236 g/mol. The van der Waals surface area contributed by atoms with E-state index in [2.05, 4.69) is 15.0 Å². The van der Waals surface area contributed by atoms with Gasteiger partial charge < -0.3 is 5.73 Å². The van der Waals surface area contributed by atoms with Crippen molar-refractivity contribution in [3.8, 4) is 11.1 Å². The van der Waals surface area contributed by atoms with Crippen LogP contribution in [0.15, 0.2) is 42.9 Å². The Morgan fingerprint density at radius 3 is 2.67 bits per heavy atom.